The number of rotatable bonds is 2. The van der Waals surface area contributed by atoms with E-state index in [0.29, 0.717) is 6.42 Å². The van der Waals surface area contributed by atoms with Crippen LogP contribution in [0.5, 0.6) is 0 Å². The van der Waals surface area contributed by atoms with Crippen LogP contribution in [0.1, 0.15) is 41.5 Å². The Balaban J connectivity index is 3.08. The van der Waals surface area contributed by atoms with Crippen molar-refractivity contribution in [3.05, 3.63) is 34.4 Å². The molecule has 0 aromatic heterocycles. The van der Waals surface area contributed by atoms with Gasteiger partial charge in [-0.25, -0.2) is 0 Å². The molecule has 3 heteroatoms. The molecule has 0 saturated carbocycles. The summed E-state index contributed by atoms with van der Waals surface area (Å²) in [6.07, 6.45) is 0.544. The van der Waals surface area contributed by atoms with Crippen LogP contribution in [-0.4, -0.2) is 3.79 Å². The maximum absolute atomic E-state index is 5.85. The zero-order valence-electron chi connectivity index (χ0n) is 10.1. The van der Waals surface area contributed by atoms with Crippen LogP contribution in [-0.2, 0) is 0 Å². The van der Waals surface area contributed by atoms with Gasteiger partial charge in [0.1, 0.15) is 0 Å². The van der Waals surface area contributed by atoms with Gasteiger partial charge in [0.15, 0.2) is 3.79 Å². The first-order valence-corrected chi connectivity index (χ1v) is 6.49. The molecular weight excluding hydrogens is 263 g/mol. The zero-order valence-corrected chi connectivity index (χ0v) is 12.3. The Bertz CT molecular complexity index is 377. The number of alkyl halides is 3. The van der Waals surface area contributed by atoms with E-state index in [1.54, 1.807) is 0 Å². The molecule has 0 aliphatic heterocycles. The average molecular weight is 280 g/mol. The Morgan fingerprint density at radius 3 is 2.06 bits per heavy atom. The highest BCUT2D eigenvalue weighted by Gasteiger charge is 2.25. The van der Waals surface area contributed by atoms with Crippen molar-refractivity contribution in [2.45, 2.75) is 43.8 Å². The summed E-state index contributed by atoms with van der Waals surface area (Å²) in [7, 11) is 0. The maximum Gasteiger partial charge on any atom is 0.191 e. The van der Waals surface area contributed by atoms with E-state index in [9.17, 15) is 0 Å². The molecule has 90 valence electrons. The van der Waals surface area contributed by atoms with Gasteiger partial charge < -0.3 is 0 Å². The summed E-state index contributed by atoms with van der Waals surface area (Å²) in [5.74, 6) is 0.257. The van der Waals surface area contributed by atoms with Crippen LogP contribution in [0.15, 0.2) is 12.1 Å². The Morgan fingerprint density at radius 2 is 1.56 bits per heavy atom. The van der Waals surface area contributed by atoms with E-state index < -0.39 is 3.79 Å². The topological polar surface area (TPSA) is 0 Å². The molecule has 16 heavy (non-hydrogen) atoms. The van der Waals surface area contributed by atoms with E-state index in [4.69, 9.17) is 34.8 Å². The number of hydrogen-bond acceptors (Lipinski definition) is 0. The first kappa shape index (κ1) is 14.2. The van der Waals surface area contributed by atoms with Gasteiger partial charge in [0.05, 0.1) is 0 Å². The molecule has 0 aliphatic rings. The van der Waals surface area contributed by atoms with E-state index in [1.807, 2.05) is 0 Å². The van der Waals surface area contributed by atoms with Crippen molar-refractivity contribution in [1.82, 2.24) is 0 Å². The Labute approximate surface area is 113 Å². The standard InChI is InChI=1S/C13H17Cl3/c1-8-5-6-9(2)12(11(8)4)10(3)7-13(14,15)16/h5-6,10H,7H2,1-4H3. The molecule has 1 aromatic rings. The number of benzene rings is 1. The SMILES string of the molecule is Cc1ccc(C)c(C(C)CC(Cl)(Cl)Cl)c1C. The monoisotopic (exact) mass is 278 g/mol. The van der Waals surface area contributed by atoms with Gasteiger partial charge in [-0.3, -0.25) is 0 Å². The molecule has 0 nitrogen and oxygen atoms in total. The molecule has 0 heterocycles. The van der Waals surface area contributed by atoms with Crippen LogP contribution in [0.3, 0.4) is 0 Å². The second-order valence-corrected chi connectivity index (χ2v) is 6.97. The van der Waals surface area contributed by atoms with Gasteiger partial charge in [0, 0.05) is 6.42 Å². The highest BCUT2D eigenvalue weighted by Crippen LogP contribution is 2.39. The summed E-state index contributed by atoms with van der Waals surface area (Å²) < 4.78 is -1.18. The summed E-state index contributed by atoms with van der Waals surface area (Å²) in [5, 5.41) is 0. The van der Waals surface area contributed by atoms with Crippen LogP contribution in [0.2, 0.25) is 0 Å². The van der Waals surface area contributed by atoms with Crippen molar-refractivity contribution in [3.8, 4) is 0 Å². The second kappa shape index (κ2) is 5.16. The molecule has 0 bridgehead atoms. The summed E-state index contributed by atoms with van der Waals surface area (Å²) in [6, 6.07) is 4.27. The van der Waals surface area contributed by atoms with E-state index in [-0.39, 0.29) is 5.92 Å². The van der Waals surface area contributed by atoms with Crippen LogP contribution in [0.25, 0.3) is 0 Å². The summed E-state index contributed by atoms with van der Waals surface area (Å²) in [6.45, 7) is 8.46. The lowest BCUT2D eigenvalue weighted by atomic mass is 9.88. The lowest BCUT2D eigenvalue weighted by Gasteiger charge is -2.22. The fourth-order valence-corrected chi connectivity index (χ4v) is 2.87. The number of halogens is 3. The molecular formula is C13H17Cl3. The fourth-order valence-electron chi connectivity index (χ4n) is 2.18. The lowest BCUT2D eigenvalue weighted by Crippen LogP contribution is -2.10. The maximum atomic E-state index is 5.85. The van der Waals surface area contributed by atoms with Gasteiger partial charge >= 0.3 is 0 Å². The molecule has 0 fully saturated rings. The van der Waals surface area contributed by atoms with Gasteiger partial charge in [-0.05, 0) is 48.9 Å². The minimum atomic E-state index is -1.18. The Kier molecular flexibility index (Phi) is 4.57. The van der Waals surface area contributed by atoms with Crippen molar-refractivity contribution in [2.24, 2.45) is 0 Å². The van der Waals surface area contributed by atoms with Crippen molar-refractivity contribution in [1.29, 1.82) is 0 Å². The second-order valence-electron chi connectivity index (χ2n) is 4.46. The van der Waals surface area contributed by atoms with Crippen molar-refractivity contribution < 1.29 is 0 Å². The van der Waals surface area contributed by atoms with Crippen molar-refractivity contribution in [2.75, 3.05) is 0 Å². The third-order valence-electron chi connectivity index (χ3n) is 3.03. The first-order chi connectivity index (χ1) is 7.22. The molecule has 0 aliphatic carbocycles. The number of aryl methyl sites for hydroxylation is 2. The van der Waals surface area contributed by atoms with Crippen LogP contribution in [0.4, 0.5) is 0 Å². The quantitative estimate of drug-likeness (QED) is 0.629. The minimum absolute atomic E-state index is 0.257. The molecule has 1 rings (SSSR count). The van der Waals surface area contributed by atoms with E-state index in [0.717, 1.165) is 0 Å². The molecule has 1 aromatic carbocycles. The van der Waals surface area contributed by atoms with E-state index in [2.05, 4.69) is 39.8 Å². The highest BCUT2D eigenvalue weighted by molar-refractivity contribution is 6.67. The molecule has 0 N–H and O–H groups in total. The zero-order chi connectivity index (χ0) is 12.5. The average Bonchev–Trinajstić information content (AvgIpc) is 2.09. The Hall–Kier alpha value is 0.0900. The van der Waals surface area contributed by atoms with E-state index in [1.165, 1.54) is 22.3 Å². The van der Waals surface area contributed by atoms with Gasteiger partial charge in [0.25, 0.3) is 0 Å². The van der Waals surface area contributed by atoms with Crippen molar-refractivity contribution >= 4 is 34.8 Å². The number of hydrogen-bond donors (Lipinski definition) is 0. The third-order valence-corrected chi connectivity index (χ3v) is 3.50. The smallest absolute Gasteiger partial charge is 0.0837 e. The summed E-state index contributed by atoms with van der Waals surface area (Å²) >= 11 is 17.6. The molecule has 0 saturated heterocycles. The predicted octanol–water partition coefficient (Wildman–Crippen LogP) is 5.48. The molecule has 0 spiro atoms. The largest absolute Gasteiger partial charge is 0.191 e. The van der Waals surface area contributed by atoms with E-state index >= 15 is 0 Å². The summed E-state index contributed by atoms with van der Waals surface area (Å²) in [4.78, 5) is 0. The highest BCUT2D eigenvalue weighted by atomic mass is 35.6. The fraction of sp³-hybridized carbons (Fsp3) is 0.538. The van der Waals surface area contributed by atoms with Crippen LogP contribution in [0, 0.1) is 20.8 Å². The normalized spacial score (nSPS) is 13.9. The molecule has 1 unspecified atom stereocenters. The molecule has 0 amide bonds. The first-order valence-electron chi connectivity index (χ1n) is 5.36. The predicted molar refractivity (Wildman–Crippen MR) is 74.0 cm³/mol. The van der Waals surface area contributed by atoms with Crippen LogP contribution >= 0.6 is 34.8 Å². The van der Waals surface area contributed by atoms with Gasteiger partial charge in [-0.1, -0.05) is 53.9 Å². The summed E-state index contributed by atoms with van der Waals surface area (Å²) in [5.41, 5.74) is 5.18. The lowest BCUT2D eigenvalue weighted by molar-refractivity contribution is 0.685. The Morgan fingerprint density at radius 1 is 1.06 bits per heavy atom. The van der Waals surface area contributed by atoms with Gasteiger partial charge in [-0.2, -0.15) is 0 Å². The van der Waals surface area contributed by atoms with Crippen molar-refractivity contribution in [3.63, 3.8) is 0 Å². The minimum Gasteiger partial charge on any atom is -0.0837 e. The van der Waals surface area contributed by atoms with Gasteiger partial charge in [0.2, 0.25) is 0 Å². The third kappa shape index (κ3) is 3.55. The molecule has 0 radical (unpaired) electrons. The van der Waals surface area contributed by atoms with Gasteiger partial charge in [-0.15, -0.1) is 0 Å². The molecule has 1 atom stereocenters. The van der Waals surface area contributed by atoms with Crippen LogP contribution < -0.4 is 0 Å².